The Balaban J connectivity index is 2.44. The number of halogens is 3. The van der Waals surface area contributed by atoms with Crippen molar-refractivity contribution in [1.29, 1.82) is 0 Å². The molecule has 0 amide bonds. The average molecular weight is 241 g/mol. The molecule has 0 bridgehead atoms. The van der Waals surface area contributed by atoms with E-state index in [0.29, 0.717) is 5.56 Å². The van der Waals surface area contributed by atoms with Gasteiger partial charge < -0.3 is 0 Å². The van der Waals surface area contributed by atoms with Crippen LogP contribution < -0.4 is 0 Å². The first-order chi connectivity index (χ1) is 7.86. The molecule has 2 aromatic rings. The van der Waals surface area contributed by atoms with Gasteiger partial charge in [0.25, 0.3) is 0 Å². The Morgan fingerprint density at radius 3 is 2.12 bits per heavy atom. The van der Waals surface area contributed by atoms with Gasteiger partial charge in [0.05, 0.1) is 0 Å². The van der Waals surface area contributed by atoms with E-state index in [1.165, 1.54) is 0 Å². The van der Waals surface area contributed by atoms with Gasteiger partial charge in [0.2, 0.25) is 5.82 Å². The summed E-state index contributed by atoms with van der Waals surface area (Å²) >= 11 is 0. The van der Waals surface area contributed by atoms with Gasteiger partial charge in [-0.15, -0.1) is 0 Å². The summed E-state index contributed by atoms with van der Waals surface area (Å²) in [5, 5.41) is 5.48. The van der Waals surface area contributed by atoms with Crippen molar-refractivity contribution in [2.45, 2.75) is 20.0 Å². The van der Waals surface area contributed by atoms with Gasteiger partial charge in [0.15, 0.2) is 5.82 Å². The fraction of sp³-hybridized carbons (Fsp3) is 0.273. The number of hydrogen-bond acceptors (Lipinski definition) is 2. The first-order valence-electron chi connectivity index (χ1n) is 4.94. The molecule has 0 unspecified atom stereocenters. The third kappa shape index (κ3) is 2.46. The van der Waals surface area contributed by atoms with E-state index < -0.39 is 12.0 Å². The fourth-order valence-electron chi connectivity index (χ4n) is 1.62. The maximum Gasteiger partial charge on any atom is 0.451 e. The molecule has 0 aliphatic heterocycles. The van der Waals surface area contributed by atoms with Crippen LogP contribution in [-0.4, -0.2) is 15.2 Å². The molecule has 1 N–H and O–H groups in total. The van der Waals surface area contributed by atoms with E-state index in [1.807, 2.05) is 25.0 Å². The zero-order valence-electron chi connectivity index (χ0n) is 9.26. The lowest BCUT2D eigenvalue weighted by Crippen LogP contribution is -2.07. The van der Waals surface area contributed by atoms with Gasteiger partial charge in [-0.25, -0.2) is 4.98 Å². The average Bonchev–Trinajstić information content (AvgIpc) is 2.63. The Morgan fingerprint density at radius 1 is 1.06 bits per heavy atom. The molecule has 0 spiro atoms. The van der Waals surface area contributed by atoms with Crippen molar-refractivity contribution in [3.63, 3.8) is 0 Å². The predicted octanol–water partition coefficient (Wildman–Crippen LogP) is 3.11. The number of benzene rings is 1. The molecular weight excluding hydrogens is 231 g/mol. The van der Waals surface area contributed by atoms with Crippen LogP contribution in [0.3, 0.4) is 0 Å². The van der Waals surface area contributed by atoms with Crippen LogP contribution in [0, 0.1) is 13.8 Å². The van der Waals surface area contributed by atoms with E-state index in [9.17, 15) is 13.2 Å². The molecule has 0 atom stereocenters. The molecule has 6 heteroatoms. The predicted molar refractivity (Wildman–Crippen MR) is 56.3 cm³/mol. The van der Waals surface area contributed by atoms with Crippen molar-refractivity contribution in [3.05, 3.63) is 35.2 Å². The lowest BCUT2D eigenvalue weighted by Gasteiger charge is -2.01. The van der Waals surface area contributed by atoms with Crippen molar-refractivity contribution in [2.24, 2.45) is 0 Å². The summed E-state index contributed by atoms with van der Waals surface area (Å²) in [5.41, 5.74) is 2.49. The van der Waals surface area contributed by atoms with Crippen LogP contribution in [0.15, 0.2) is 18.2 Å². The Hall–Kier alpha value is -1.85. The van der Waals surface area contributed by atoms with Crippen molar-refractivity contribution >= 4 is 0 Å². The molecule has 1 aromatic heterocycles. The van der Waals surface area contributed by atoms with E-state index in [2.05, 4.69) is 10.1 Å². The number of rotatable bonds is 1. The number of H-pyrrole nitrogens is 1. The third-order valence-corrected chi connectivity index (χ3v) is 2.23. The molecule has 90 valence electrons. The van der Waals surface area contributed by atoms with Crippen molar-refractivity contribution in [3.8, 4) is 11.4 Å². The summed E-state index contributed by atoms with van der Waals surface area (Å²) in [6.07, 6.45) is -4.50. The molecule has 3 nitrogen and oxygen atoms in total. The summed E-state index contributed by atoms with van der Waals surface area (Å²) in [7, 11) is 0. The minimum absolute atomic E-state index is 0.0594. The van der Waals surface area contributed by atoms with E-state index in [0.717, 1.165) is 11.1 Å². The molecule has 1 heterocycles. The SMILES string of the molecule is Cc1cc(C)cc(-c2n[nH]c(C(F)(F)F)n2)c1. The van der Waals surface area contributed by atoms with Crippen LogP contribution in [0.1, 0.15) is 17.0 Å². The molecule has 0 aliphatic rings. The monoisotopic (exact) mass is 241 g/mol. The second kappa shape index (κ2) is 3.87. The first kappa shape index (κ1) is 11.6. The minimum Gasteiger partial charge on any atom is -0.255 e. The van der Waals surface area contributed by atoms with Crippen LogP contribution in [0.5, 0.6) is 0 Å². The van der Waals surface area contributed by atoms with Gasteiger partial charge in [0, 0.05) is 5.56 Å². The maximum atomic E-state index is 12.3. The van der Waals surface area contributed by atoms with E-state index in [-0.39, 0.29) is 5.82 Å². The lowest BCUT2D eigenvalue weighted by molar-refractivity contribution is -0.144. The van der Waals surface area contributed by atoms with Gasteiger partial charge in [-0.1, -0.05) is 17.2 Å². The van der Waals surface area contributed by atoms with Crippen molar-refractivity contribution in [1.82, 2.24) is 15.2 Å². The minimum atomic E-state index is -4.50. The Bertz CT molecular complexity index is 523. The van der Waals surface area contributed by atoms with Crippen LogP contribution >= 0.6 is 0 Å². The highest BCUT2D eigenvalue weighted by atomic mass is 19.4. The second-order valence-electron chi connectivity index (χ2n) is 3.88. The van der Waals surface area contributed by atoms with Crippen LogP contribution in [0.4, 0.5) is 13.2 Å². The number of aromatic amines is 1. The van der Waals surface area contributed by atoms with Gasteiger partial charge in [-0.2, -0.15) is 18.3 Å². The number of aromatic nitrogens is 3. The highest BCUT2D eigenvalue weighted by Crippen LogP contribution is 2.27. The van der Waals surface area contributed by atoms with Crippen LogP contribution in [-0.2, 0) is 6.18 Å². The van der Waals surface area contributed by atoms with E-state index in [4.69, 9.17) is 0 Å². The highest BCUT2D eigenvalue weighted by Gasteiger charge is 2.35. The number of hydrogen-bond donors (Lipinski definition) is 1. The second-order valence-corrected chi connectivity index (χ2v) is 3.88. The van der Waals surface area contributed by atoms with Crippen molar-refractivity contribution < 1.29 is 13.2 Å². The standard InChI is InChI=1S/C11H10F3N3/c1-6-3-7(2)5-8(4-6)9-15-10(17-16-9)11(12,13)14/h3-5H,1-2H3,(H,15,16,17). The first-order valence-corrected chi connectivity index (χ1v) is 4.94. The molecule has 2 rings (SSSR count). The third-order valence-electron chi connectivity index (χ3n) is 2.23. The number of nitrogens with one attached hydrogen (secondary N) is 1. The topological polar surface area (TPSA) is 41.6 Å². The molecule has 0 aliphatic carbocycles. The van der Waals surface area contributed by atoms with Gasteiger partial charge in [-0.3, -0.25) is 5.10 Å². The molecular formula is C11H10F3N3. The van der Waals surface area contributed by atoms with Crippen LogP contribution in [0.25, 0.3) is 11.4 Å². The molecule has 0 saturated carbocycles. The maximum absolute atomic E-state index is 12.3. The van der Waals surface area contributed by atoms with E-state index >= 15 is 0 Å². The van der Waals surface area contributed by atoms with Crippen LogP contribution in [0.2, 0.25) is 0 Å². The molecule has 0 fully saturated rings. The molecule has 0 radical (unpaired) electrons. The zero-order valence-corrected chi connectivity index (χ0v) is 9.26. The summed E-state index contributed by atoms with van der Waals surface area (Å²) < 4.78 is 37.0. The quantitative estimate of drug-likeness (QED) is 0.833. The van der Waals surface area contributed by atoms with Gasteiger partial charge in [-0.05, 0) is 26.0 Å². The summed E-state index contributed by atoms with van der Waals surface area (Å²) in [6.45, 7) is 3.74. The lowest BCUT2D eigenvalue weighted by atomic mass is 10.1. The molecule has 1 aromatic carbocycles. The molecule has 0 saturated heterocycles. The summed E-state index contributed by atoms with van der Waals surface area (Å²) in [6, 6.07) is 5.42. The summed E-state index contributed by atoms with van der Waals surface area (Å²) in [5.74, 6) is -1.02. The van der Waals surface area contributed by atoms with Gasteiger partial charge >= 0.3 is 6.18 Å². The van der Waals surface area contributed by atoms with Gasteiger partial charge in [0.1, 0.15) is 0 Å². The highest BCUT2D eigenvalue weighted by molar-refractivity contribution is 5.57. The molecule has 17 heavy (non-hydrogen) atoms. The fourth-order valence-corrected chi connectivity index (χ4v) is 1.62. The Kier molecular flexibility index (Phi) is 2.65. The zero-order chi connectivity index (χ0) is 12.6. The normalized spacial score (nSPS) is 11.8. The van der Waals surface area contributed by atoms with Crippen molar-refractivity contribution in [2.75, 3.05) is 0 Å². The number of aryl methyl sites for hydroxylation is 2. The van der Waals surface area contributed by atoms with E-state index in [1.54, 1.807) is 12.1 Å². The summed E-state index contributed by atoms with van der Waals surface area (Å²) in [4.78, 5) is 3.44. The smallest absolute Gasteiger partial charge is 0.255 e. The largest absolute Gasteiger partial charge is 0.451 e. The Morgan fingerprint density at radius 2 is 1.65 bits per heavy atom. The number of alkyl halides is 3. The number of nitrogens with zero attached hydrogens (tertiary/aromatic N) is 2. The Labute approximate surface area is 95.7 Å².